The van der Waals surface area contributed by atoms with Gasteiger partial charge in [0, 0.05) is 17.1 Å². The topological polar surface area (TPSA) is 64.6 Å². The molecule has 0 saturated carbocycles. The van der Waals surface area contributed by atoms with Crippen LogP contribution in [-0.2, 0) is 20.7 Å². The van der Waals surface area contributed by atoms with E-state index in [1.807, 2.05) is 24.3 Å². The number of halogens is 1. The van der Waals surface area contributed by atoms with E-state index in [-0.39, 0.29) is 12.3 Å². The number of carbonyl (C=O) groups excluding carboxylic acids is 2. The first-order valence-corrected chi connectivity index (χ1v) is 8.24. The fourth-order valence-electron chi connectivity index (χ4n) is 2.13. The molecule has 5 nitrogen and oxygen atoms in total. The third kappa shape index (κ3) is 6.12. The zero-order valence-corrected chi connectivity index (χ0v) is 14.9. The van der Waals surface area contributed by atoms with E-state index in [9.17, 15) is 9.59 Å². The van der Waals surface area contributed by atoms with Crippen LogP contribution in [0.3, 0.4) is 0 Å². The normalized spacial score (nSPS) is 11.5. The van der Waals surface area contributed by atoms with Gasteiger partial charge in [0.15, 0.2) is 6.10 Å². The average molecular weight is 362 g/mol. The Bertz CT molecular complexity index is 713. The van der Waals surface area contributed by atoms with Crippen molar-refractivity contribution in [2.75, 3.05) is 12.4 Å². The number of ether oxygens (including phenoxy) is 2. The molecular weight excluding hydrogens is 342 g/mol. The summed E-state index contributed by atoms with van der Waals surface area (Å²) >= 11 is 5.79. The van der Waals surface area contributed by atoms with E-state index in [1.54, 1.807) is 31.4 Å². The SMILES string of the molecule is COc1ccc(CCC(=O)OC(C)C(=O)Nc2ccc(Cl)cc2)cc1. The third-order valence-corrected chi connectivity index (χ3v) is 3.82. The van der Waals surface area contributed by atoms with Gasteiger partial charge in [0.2, 0.25) is 0 Å². The first-order chi connectivity index (χ1) is 12.0. The number of aryl methyl sites for hydroxylation is 1. The summed E-state index contributed by atoms with van der Waals surface area (Å²) in [5.74, 6) is -0.0477. The van der Waals surface area contributed by atoms with Gasteiger partial charge in [-0.3, -0.25) is 9.59 Å². The first kappa shape index (κ1) is 18.8. The highest BCUT2D eigenvalue weighted by molar-refractivity contribution is 6.30. The lowest BCUT2D eigenvalue weighted by Gasteiger charge is -2.13. The number of hydrogen-bond donors (Lipinski definition) is 1. The molecule has 0 aliphatic rings. The lowest BCUT2D eigenvalue weighted by Crippen LogP contribution is -2.30. The summed E-state index contributed by atoms with van der Waals surface area (Å²) in [5.41, 5.74) is 1.59. The molecule has 2 aromatic carbocycles. The van der Waals surface area contributed by atoms with Gasteiger partial charge >= 0.3 is 5.97 Å². The van der Waals surface area contributed by atoms with Crippen LogP contribution in [0.25, 0.3) is 0 Å². The molecule has 0 spiro atoms. The van der Waals surface area contributed by atoms with Crippen LogP contribution in [0.1, 0.15) is 18.9 Å². The van der Waals surface area contributed by atoms with Gasteiger partial charge in [-0.1, -0.05) is 23.7 Å². The number of hydrogen-bond acceptors (Lipinski definition) is 4. The highest BCUT2D eigenvalue weighted by Crippen LogP contribution is 2.15. The molecule has 0 fully saturated rings. The molecule has 0 radical (unpaired) electrons. The highest BCUT2D eigenvalue weighted by atomic mass is 35.5. The molecule has 1 atom stereocenters. The quantitative estimate of drug-likeness (QED) is 0.761. The molecule has 0 aliphatic heterocycles. The Morgan fingerprint density at radius 3 is 2.32 bits per heavy atom. The fourth-order valence-corrected chi connectivity index (χ4v) is 2.25. The molecule has 0 saturated heterocycles. The molecule has 132 valence electrons. The number of benzene rings is 2. The molecule has 0 aliphatic carbocycles. The Morgan fingerprint density at radius 1 is 1.08 bits per heavy atom. The summed E-state index contributed by atoms with van der Waals surface area (Å²) in [7, 11) is 1.60. The molecular formula is C19H20ClNO4. The van der Waals surface area contributed by atoms with Gasteiger partial charge < -0.3 is 14.8 Å². The summed E-state index contributed by atoms with van der Waals surface area (Å²) in [6.07, 6.45) is -0.141. The van der Waals surface area contributed by atoms with Crippen molar-refractivity contribution in [3.8, 4) is 5.75 Å². The van der Waals surface area contributed by atoms with Crippen LogP contribution in [0.2, 0.25) is 5.02 Å². The predicted molar refractivity (Wildman–Crippen MR) is 97.0 cm³/mol. The second kappa shape index (κ2) is 9.08. The largest absolute Gasteiger partial charge is 0.497 e. The van der Waals surface area contributed by atoms with E-state index in [0.717, 1.165) is 11.3 Å². The van der Waals surface area contributed by atoms with Crippen molar-refractivity contribution < 1.29 is 19.1 Å². The van der Waals surface area contributed by atoms with Gasteiger partial charge in [-0.15, -0.1) is 0 Å². The second-order valence-corrected chi connectivity index (χ2v) is 5.91. The number of carbonyl (C=O) groups is 2. The maximum absolute atomic E-state index is 12.0. The number of rotatable bonds is 7. The van der Waals surface area contributed by atoms with Crippen molar-refractivity contribution in [3.05, 3.63) is 59.1 Å². The van der Waals surface area contributed by atoms with Crippen LogP contribution in [0.15, 0.2) is 48.5 Å². The molecule has 6 heteroatoms. The second-order valence-electron chi connectivity index (χ2n) is 5.48. The van der Waals surface area contributed by atoms with Gasteiger partial charge in [-0.25, -0.2) is 0 Å². The molecule has 1 amide bonds. The van der Waals surface area contributed by atoms with Crippen LogP contribution in [-0.4, -0.2) is 25.1 Å². The monoisotopic (exact) mass is 361 g/mol. The number of nitrogens with one attached hydrogen (secondary N) is 1. The van der Waals surface area contributed by atoms with E-state index in [4.69, 9.17) is 21.1 Å². The number of anilines is 1. The van der Waals surface area contributed by atoms with Crippen LogP contribution in [0.4, 0.5) is 5.69 Å². The molecule has 2 aromatic rings. The van der Waals surface area contributed by atoms with Crippen LogP contribution < -0.4 is 10.1 Å². The van der Waals surface area contributed by atoms with Gasteiger partial charge in [0.1, 0.15) is 5.75 Å². The Morgan fingerprint density at radius 2 is 1.72 bits per heavy atom. The first-order valence-electron chi connectivity index (χ1n) is 7.87. The van der Waals surface area contributed by atoms with Gasteiger partial charge in [-0.05, 0) is 55.3 Å². The summed E-state index contributed by atoms with van der Waals surface area (Å²) in [5, 5.41) is 3.25. The Labute approximate surface area is 151 Å². The van der Waals surface area contributed by atoms with Gasteiger partial charge in [-0.2, -0.15) is 0 Å². The molecule has 0 bridgehead atoms. The Balaban J connectivity index is 1.78. The van der Waals surface area contributed by atoms with E-state index >= 15 is 0 Å². The molecule has 0 heterocycles. The molecule has 1 N–H and O–H groups in total. The fraction of sp³-hybridized carbons (Fsp3) is 0.263. The van der Waals surface area contributed by atoms with Crippen molar-refractivity contribution in [1.82, 2.24) is 0 Å². The minimum atomic E-state index is -0.876. The van der Waals surface area contributed by atoms with Crippen molar-refractivity contribution in [1.29, 1.82) is 0 Å². The molecule has 0 aromatic heterocycles. The molecule has 2 rings (SSSR count). The zero-order valence-electron chi connectivity index (χ0n) is 14.1. The van der Waals surface area contributed by atoms with Gasteiger partial charge in [0.05, 0.1) is 7.11 Å². The zero-order chi connectivity index (χ0) is 18.2. The average Bonchev–Trinajstić information content (AvgIpc) is 2.62. The number of methoxy groups -OCH3 is 1. The van der Waals surface area contributed by atoms with E-state index in [2.05, 4.69) is 5.32 Å². The van der Waals surface area contributed by atoms with Crippen LogP contribution in [0.5, 0.6) is 5.75 Å². The lowest BCUT2D eigenvalue weighted by molar-refractivity contribution is -0.153. The van der Waals surface area contributed by atoms with Crippen LogP contribution in [0, 0.1) is 0 Å². The van der Waals surface area contributed by atoms with Crippen molar-refractivity contribution >= 4 is 29.2 Å². The van der Waals surface area contributed by atoms with Crippen molar-refractivity contribution in [2.45, 2.75) is 25.9 Å². The minimum absolute atomic E-state index is 0.199. The minimum Gasteiger partial charge on any atom is -0.497 e. The maximum atomic E-state index is 12.0. The van der Waals surface area contributed by atoms with E-state index in [0.29, 0.717) is 17.1 Å². The number of esters is 1. The van der Waals surface area contributed by atoms with Crippen molar-refractivity contribution in [3.63, 3.8) is 0 Å². The summed E-state index contributed by atoms with van der Waals surface area (Å²) in [4.78, 5) is 23.9. The molecule has 25 heavy (non-hydrogen) atoms. The third-order valence-electron chi connectivity index (χ3n) is 3.57. The van der Waals surface area contributed by atoms with Gasteiger partial charge in [0.25, 0.3) is 5.91 Å². The predicted octanol–water partition coefficient (Wildman–Crippen LogP) is 3.85. The standard InChI is InChI=1S/C19H20ClNO4/c1-13(19(23)21-16-8-6-15(20)7-9-16)25-18(22)12-5-14-3-10-17(24-2)11-4-14/h3-4,6-11,13H,5,12H2,1-2H3,(H,21,23). The van der Waals surface area contributed by atoms with E-state index in [1.165, 1.54) is 6.92 Å². The highest BCUT2D eigenvalue weighted by Gasteiger charge is 2.17. The lowest BCUT2D eigenvalue weighted by atomic mass is 10.1. The van der Waals surface area contributed by atoms with Crippen LogP contribution >= 0.6 is 11.6 Å². The Kier molecular flexibility index (Phi) is 6.83. The molecule has 1 unspecified atom stereocenters. The Hall–Kier alpha value is -2.53. The smallest absolute Gasteiger partial charge is 0.306 e. The summed E-state index contributed by atoms with van der Waals surface area (Å²) in [6, 6.07) is 14.2. The number of amides is 1. The van der Waals surface area contributed by atoms with E-state index < -0.39 is 12.1 Å². The summed E-state index contributed by atoms with van der Waals surface area (Å²) < 4.78 is 10.3. The summed E-state index contributed by atoms with van der Waals surface area (Å²) in [6.45, 7) is 1.54. The maximum Gasteiger partial charge on any atom is 0.306 e. The van der Waals surface area contributed by atoms with Crippen molar-refractivity contribution in [2.24, 2.45) is 0 Å².